The van der Waals surface area contributed by atoms with Crippen molar-refractivity contribution in [3.05, 3.63) is 92.5 Å². The van der Waals surface area contributed by atoms with Gasteiger partial charge in [-0.15, -0.1) is 6.58 Å². The molecule has 0 saturated carbocycles. The van der Waals surface area contributed by atoms with Crippen LogP contribution in [0.4, 0.5) is 11.4 Å². The van der Waals surface area contributed by atoms with Gasteiger partial charge in [-0.2, -0.15) is 0 Å². The Kier molecular flexibility index (Phi) is 6.59. The third-order valence-electron chi connectivity index (χ3n) is 4.25. The Hall–Kier alpha value is -3.55. The van der Waals surface area contributed by atoms with Crippen molar-refractivity contribution in [2.45, 2.75) is 25.9 Å². The van der Waals surface area contributed by atoms with Gasteiger partial charge in [-0.1, -0.05) is 50.3 Å². The summed E-state index contributed by atoms with van der Waals surface area (Å²) >= 11 is 0. The highest BCUT2D eigenvalue weighted by molar-refractivity contribution is 5.91. The Balaban J connectivity index is 2.38. The molecule has 8 nitrogen and oxygen atoms in total. The number of carbonyl (C=O) groups excluding carboxylic acids is 1. The van der Waals surface area contributed by atoms with E-state index in [4.69, 9.17) is 4.74 Å². The number of benzene rings is 2. The monoisotopic (exact) mass is 384 g/mol. The minimum absolute atomic E-state index is 0.0964. The first-order valence-electron chi connectivity index (χ1n) is 8.57. The van der Waals surface area contributed by atoms with Gasteiger partial charge >= 0.3 is 5.97 Å². The summed E-state index contributed by atoms with van der Waals surface area (Å²) < 4.78 is 5.62. The van der Waals surface area contributed by atoms with Crippen LogP contribution >= 0.6 is 0 Å². The summed E-state index contributed by atoms with van der Waals surface area (Å²) in [7, 11) is 0. The Morgan fingerprint density at radius 1 is 1.04 bits per heavy atom. The van der Waals surface area contributed by atoms with Gasteiger partial charge in [0.25, 0.3) is 11.4 Å². The number of carbonyl (C=O) groups is 1. The normalized spacial score (nSPS) is 12.8. The van der Waals surface area contributed by atoms with Crippen molar-refractivity contribution in [3.8, 4) is 0 Å². The first-order valence-corrected chi connectivity index (χ1v) is 8.57. The maximum Gasteiger partial charge on any atom is 0.338 e. The van der Waals surface area contributed by atoms with Crippen molar-refractivity contribution in [3.63, 3.8) is 0 Å². The summed E-state index contributed by atoms with van der Waals surface area (Å²) in [6.45, 7) is 7.56. The zero-order chi connectivity index (χ0) is 20.8. The van der Waals surface area contributed by atoms with Crippen molar-refractivity contribution in [1.29, 1.82) is 0 Å². The van der Waals surface area contributed by atoms with E-state index < -0.39 is 33.3 Å². The van der Waals surface area contributed by atoms with Crippen LogP contribution in [-0.2, 0) is 4.74 Å². The molecule has 2 aromatic rings. The molecular formula is C20H20N2O6. The van der Waals surface area contributed by atoms with E-state index in [-0.39, 0.29) is 17.4 Å². The topological polar surface area (TPSA) is 113 Å². The Morgan fingerprint density at radius 3 is 2.00 bits per heavy atom. The van der Waals surface area contributed by atoms with Gasteiger partial charge in [0.15, 0.2) is 0 Å². The molecule has 0 saturated heterocycles. The molecule has 0 amide bonds. The Bertz CT molecular complexity index is 863. The van der Waals surface area contributed by atoms with Crippen LogP contribution in [0.5, 0.6) is 0 Å². The van der Waals surface area contributed by atoms with Crippen LogP contribution in [0, 0.1) is 26.1 Å². The molecule has 2 atom stereocenters. The number of ether oxygens (including phenoxy) is 1. The molecule has 0 aromatic heterocycles. The highest BCUT2D eigenvalue weighted by Crippen LogP contribution is 2.30. The third kappa shape index (κ3) is 4.79. The van der Waals surface area contributed by atoms with Gasteiger partial charge < -0.3 is 4.74 Å². The first kappa shape index (κ1) is 20.8. The van der Waals surface area contributed by atoms with E-state index in [0.29, 0.717) is 0 Å². The van der Waals surface area contributed by atoms with Crippen LogP contribution in [0.1, 0.15) is 35.7 Å². The van der Waals surface area contributed by atoms with Gasteiger partial charge in [0, 0.05) is 18.1 Å². The van der Waals surface area contributed by atoms with E-state index in [0.717, 1.165) is 23.8 Å². The fourth-order valence-corrected chi connectivity index (χ4v) is 2.87. The van der Waals surface area contributed by atoms with Crippen molar-refractivity contribution in [2.75, 3.05) is 0 Å². The molecule has 0 heterocycles. The number of non-ortho nitro benzene ring substituents is 2. The molecule has 0 radical (unpaired) electrons. The van der Waals surface area contributed by atoms with E-state index in [1.165, 1.54) is 0 Å². The van der Waals surface area contributed by atoms with Crippen molar-refractivity contribution < 1.29 is 19.4 Å². The lowest BCUT2D eigenvalue weighted by atomic mass is 9.87. The summed E-state index contributed by atoms with van der Waals surface area (Å²) in [6, 6.07) is 12.1. The predicted molar refractivity (Wildman–Crippen MR) is 103 cm³/mol. The van der Waals surface area contributed by atoms with E-state index in [1.807, 2.05) is 44.2 Å². The van der Waals surface area contributed by atoms with E-state index in [9.17, 15) is 25.0 Å². The number of rotatable bonds is 8. The molecule has 0 aliphatic heterocycles. The lowest BCUT2D eigenvalue weighted by Crippen LogP contribution is -2.29. The van der Waals surface area contributed by atoms with Crippen LogP contribution in [0.2, 0.25) is 0 Å². The van der Waals surface area contributed by atoms with Crippen LogP contribution in [0.3, 0.4) is 0 Å². The fraction of sp³-hybridized carbons (Fsp3) is 0.250. The molecule has 0 unspecified atom stereocenters. The lowest BCUT2D eigenvalue weighted by molar-refractivity contribution is -0.394. The quantitative estimate of drug-likeness (QED) is 0.283. The van der Waals surface area contributed by atoms with Gasteiger partial charge in [-0.25, -0.2) is 4.79 Å². The zero-order valence-corrected chi connectivity index (χ0v) is 15.5. The van der Waals surface area contributed by atoms with Gasteiger partial charge in [0.1, 0.15) is 6.10 Å². The van der Waals surface area contributed by atoms with Crippen LogP contribution in [0.25, 0.3) is 0 Å². The first-order chi connectivity index (χ1) is 13.2. The van der Waals surface area contributed by atoms with Crippen molar-refractivity contribution in [1.82, 2.24) is 0 Å². The second-order valence-corrected chi connectivity index (χ2v) is 6.54. The molecule has 0 spiro atoms. The molecule has 8 heteroatoms. The second-order valence-electron chi connectivity index (χ2n) is 6.54. The second kappa shape index (κ2) is 8.90. The number of hydrogen-bond donors (Lipinski definition) is 0. The zero-order valence-electron chi connectivity index (χ0n) is 15.5. The summed E-state index contributed by atoms with van der Waals surface area (Å²) in [5, 5.41) is 22.1. The van der Waals surface area contributed by atoms with Crippen molar-refractivity contribution >= 4 is 17.3 Å². The standard InChI is InChI=1S/C20H20N2O6/c1-4-18(14-8-6-5-7-9-14)19(13(2)3)28-20(23)15-10-16(21(24)25)12-17(11-15)22(26)27/h4-13,18-19H,1H2,2-3H3/t18-,19-/m1/s1. The minimum atomic E-state index is -0.867. The third-order valence-corrected chi connectivity index (χ3v) is 4.25. The minimum Gasteiger partial charge on any atom is -0.458 e. The lowest BCUT2D eigenvalue weighted by Gasteiger charge is -2.28. The van der Waals surface area contributed by atoms with Crippen LogP contribution < -0.4 is 0 Å². The molecule has 0 aliphatic carbocycles. The summed E-state index contributed by atoms with van der Waals surface area (Å²) in [5.41, 5.74) is -0.451. The molecule has 0 N–H and O–H groups in total. The van der Waals surface area contributed by atoms with E-state index in [1.54, 1.807) is 6.08 Å². The fourth-order valence-electron chi connectivity index (χ4n) is 2.87. The number of esters is 1. The summed E-state index contributed by atoms with van der Waals surface area (Å²) in [5.74, 6) is -1.27. The molecule has 28 heavy (non-hydrogen) atoms. The smallest absolute Gasteiger partial charge is 0.338 e. The summed E-state index contributed by atoms with van der Waals surface area (Å²) in [6.07, 6.45) is 1.06. The van der Waals surface area contributed by atoms with Gasteiger partial charge in [-0.05, 0) is 11.5 Å². The average Bonchev–Trinajstić information content (AvgIpc) is 2.67. The SMILES string of the molecule is C=C[C@H](c1ccccc1)[C@H](OC(=O)c1cc([N+](=O)[O-])cc([N+](=O)[O-])c1)C(C)C. The van der Waals surface area contributed by atoms with E-state index >= 15 is 0 Å². The molecule has 0 fully saturated rings. The molecule has 0 aliphatic rings. The van der Waals surface area contributed by atoms with Crippen LogP contribution in [0.15, 0.2) is 61.2 Å². The molecular weight excluding hydrogens is 364 g/mol. The van der Waals surface area contributed by atoms with Gasteiger partial charge in [0.05, 0.1) is 21.5 Å². The number of nitro benzene ring substituents is 2. The molecule has 2 aromatic carbocycles. The summed E-state index contributed by atoms with van der Waals surface area (Å²) in [4.78, 5) is 33.2. The molecule has 146 valence electrons. The average molecular weight is 384 g/mol. The Morgan fingerprint density at radius 2 is 1.57 bits per heavy atom. The van der Waals surface area contributed by atoms with E-state index in [2.05, 4.69) is 6.58 Å². The van der Waals surface area contributed by atoms with Crippen molar-refractivity contribution in [2.24, 2.45) is 5.92 Å². The van der Waals surface area contributed by atoms with Gasteiger partial charge in [0.2, 0.25) is 0 Å². The Labute approximate surface area is 161 Å². The highest BCUT2D eigenvalue weighted by Gasteiger charge is 2.29. The predicted octanol–water partition coefficient (Wildman–Crippen LogP) is 4.65. The van der Waals surface area contributed by atoms with Gasteiger partial charge in [-0.3, -0.25) is 20.2 Å². The number of nitro groups is 2. The maximum atomic E-state index is 12.7. The number of hydrogen-bond acceptors (Lipinski definition) is 6. The largest absolute Gasteiger partial charge is 0.458 e. The molecule has 2 rings (SSSR count). The number of nitrogens with zero attached hydrogens (tertiary/aromatic N) is 2. The van der Waals surface area contributed by atoms with Crippen LogP contribution in [-0.4, -0.2) is 21.9 Å². The highest BCUT2D eigenvalue weighted by atomic mass is 16.6. The maximum absolute atomic E-state index is 12.7. The molecule has 0 bridgehead atoms.